The molecule has 59 heavy (non-hydrogen) atoms. The summed E-state index contributed by atoms with van der Waals surface area (Å²) in [5.41, 5.74) is 7.69. The fourth-order valence-electron chi connectivity index (χ4n) is 8.04. The zero-order chi connectivity index (χ0) is 41.5. The number of fused-ring (bicyclic) bond motifs is 4. The summed E-state index contributed by atoms with van der Waals surface area (Å²) in [5.74, 6) is -1.10. The van der Waals surface area contributed by atoms with Crippen LogP contribution in [0.2, 0.25) is 5.02 Å². The minimum atomic E-state index is -1.04. The van der Waals surface area contributed by atoms with Crippen molar-refractivity contribution in [3.63, 3.8) is 0 Å². The first kappa shape index (κ1) is 40.0. The van der Waals surface area contributed by atoms with Gasteiger partial charge in [0, 0.05) is 72.3 Å². The van der Waals surface area contributed by atoms with Crippen molar-refractivity contribution in [1.82, 2.24) is 40.3 Å². The zero-order valence-electron chi connectivity index (χ0n) is 32.8. The smallest absolute Gasteiger partial charge is 0.264 e. The molecule has 2 fully saturated rings. The van der Waals surface area contributed by atoms with Gasteiger partial charge in [-0.1, -0.05) is 29.8 Å². The lowest BCUT2D eigenvalue weighted by atomic mass is 9.99. The molecule has 306 valence electrons. The molecule has 0 spiro atoms. The molecule has 3 N–H and O–H groups in total. The van der Waals surface area contributed by atoms with Gasteiger partial charge >= 0.3 is 0 Å². The first-order chi connectivity index (χ1) is 28.4. The summed E-state index contributed by atoms with van der Waals surface area (Å²) in [6, 6.07) is 10.8. The van der Waals surface area contributed by atoms with Crippen LogP contribution in [0.1, 0.15) is 98.5 Å². The van der Waals surface area contributed by atoms with Crippen LogP contribution in [-0.2, 0) is 19.2 Å². The van der Waals surface area contributed by atoms with E-state index in [2.05, 4.69) is 40.1 Å². The Bertz CT molecular complexity index is 2420. The minimum Gasteiger partial charge on any atom is -0.384 e. The van der Waals surface area contributed by atoms with Crippen LogP contribution in [0.5, 0.6) is 0 Å². The van der Waals surface area contributed by atoms with Gasteiger partial charge in [-0.25, -0.2) is 5.01 Å². The Labute approximate surface area is 349 Å². The van der Waals surface area contributed by atoms with E-state index in [0.717, 1.165) is 37.2 Å². The van der Waals surface area contributed by atoms with E-state index in [-0.39, 0.29) is 42.2 Å². The van der Waals surface area contributed by atoms with Crippen molar-refractivity contribution in [3.8, 4) is 5.00 Å². The second kappa shape index (κ2) is 16.5. The normalized spacial score (nSPS) is 19.2. The lowest BCUT2D eigenvalue weighted by Gasteiger charge is -2.35. The molecular weight excluding hydrogens is 796 g/mol. The number of anilines is 1. The van der Waals surface area contributed by atoms with Crippen LogP contribution < -0.4 is 16.1 Å². The van der Waals surface area contributed by atoms with Crippen LogP contribution in [0, 0.1) is 20.8 Å². The van der Waals surface area contributed by atoms with Crippen molar-refractivity contribution in [2.45, 2.75) is 71.4 Å². The summed E-state index contributed by atoms with van der Waals surface area (Å²) in [7, 11) is 0. The summed E-state index contributed by atoms with van der Waals surface area (Å²) in [6.07, 6.45) is 1.75. The number of rotatable bonds is 11. The summed E-state index contributed by atoms with van der Waals surface area (Å²) in [4.78, 5) is 86.4. The number of piperazine rings is 1. The minimum absolute atomic E-state index is 0.0208. The van der Waals surface area contributed by atoms with Gasteiger partial charge in [0.15, 0.2) is 5.82 Å². The average molecular weight is 839 g/mol. The van der Waals surface area contributed by atoms with Gasteiger partial charge in [0.1, 0.15) is 22.9 Å². The number of amides is 6. The third kappa shape index (κ3) is 7.77. The molecule has 4 aromatic rings. The summed E-state index contributed by atoms with van der Waals surface area (Å²) in [6.45, 7) is 8.38. The highest BCUT2D eigenvalue weighted by Crippen LogP contribution is 2.40. The second-order valence-electron chi connectivity index (χ2n) is 15.1. The number of aromatic nitrogens is 3. The number of piperidine rings is 1. The van der Waals surface area contributed by atoms with E-state index in [1.165, 1.54) is 0 Å². The highest BCUT2D eigenvalue weighted by molar-refractivity contribution is 7.15. The molecule has 0 radical (unpaired) electrons. The fraction of sp³-hybridized carbons (Fsp3) is 0.390. The van der Waals surface area contributed by atoms with Gasteiger partial charge in [-0.15, -0.1) is 21.5 Å². The lowest BCUT2D eigenvalue weighted by molar-refractivity contribution is -0.137. The number of hydrogen-bond donors (Lipinski definition) is 3. The van der Waals surface area contributed by atoms with Crippen molar-refractivity contribution < 1.29 is 28.8 Å². The van der Waals surface area contributed by atoms with Gasteiger partial charge in [0.25, 0.3) is 11.8 Å². The Morgan fingerprint density at radius 1 is 0.932 bits per heavy atom. The molecule has 4 aliphatic heterocycles. The van der Waals surface area contributed by atoms with Crippen LogP contribution >= 0.6 is 22.9 Å². The van der Waals surface area contributed by atoms with Crippen LogP contribution in [-0.4, -0.2) is 109 Å². The molecule has 0 bridgehead atoms. The predicted molar refractivity (Wildman–Crippen MR) is 220 cm³/mol. The number of nitrogens with zero attached hydrogens (tertiary/aromatic N) is 7. The molecule has 2 aromatic carbocycles. The topological polar surface area (TPSA) is 191 Å². The first-order valence-electron chi connectivity index (χ1n) is 19.7. The van der Waals surface area contributed by atoms with Gasteiger partial charge in [0.05, 0.1) is 23.3 Å². The van der Waals surface area contributed by atoms with Gasteiger partial charge in [-0.2, -0.15) is 0 Å². The number of carbonyl (C=O) groups is 6. The molecule has 4 aliphatic rings. The molecule has 2 saturated heterocycles. The van der Waals surface area contributed by atoms with Crippen molar-refractivity contribution in [3.05, 3.63) is 91.8 Å². The molecule has 2 aromatic heterocycles. The average Bonchev–Trinajstić information content (AvgIpc) is 3.79. The number of thiophene rings is 1. The number of unbranched alkanes of at least 4 members (excludes halogenated alkanes) is 1. The molecule has 6 heterocycles. The Morgan fingerprint density at radius 2 is 1.69 bits per heavy atom. The summed E-state index contributed by atoms with van der Waals surface area (Å²) >= 11 is 7.89. The molecule has 8 rings (SSSR count). The number of nitrogens with one attached hydrogen (secondary N) is 3. The van der Waals surface area contributed by atoms with E-state index in [1.807, 2.05) is 40.8 Å². The van der Waals surface area contributed by atoms with E-state index in [0.29, 0.717) is 74.3 Å². The first-order valence-corrected chi connectivity index (χ1v) is 20.9. The number of benzene rings is 2. The van der Waals surface area contributed by atoms with Gasteiger partial charge < -0.3 is 10.2 Å². The van der Waals surface area contributed by atoms with E-state index in [1.54, 1.807) is 34.4 Å². The molecular formula is C41H43ClN10O6S. The Balaban J connectivity index is 0.825. The van der Waals surface area contributed by atoms with Crippen LogP contribution in [0.3, 0.4) is 0 Å². The summed E-state index contributed by atoms with van der Waals surface area (Å²) in [5, 5.41) is 17.7. The quantitative estimate of drug-likeness (QED) is 0.147. The Hall–Kier alpha value is -5.78. The number of hydrazine groups is 1. The highest BCUT2D eigenvalue weighted by Gasteiger charge is 2.45. The maximum atomic E-state index is 13.6. The SMILES string of the molecule is Cc1sc2c(c1C)C(c1ccc(Cl)cc1)=N[C@@H](CC(=O)NN1CCN(C(=O)CCCCNc3cccc4c3C(=O)N(C3CCC(=O)NC3=O)C4=O)CC1)c1nnc(C)n1-2. The number of aryl methyl sites for hydroxylation is 2. The Morgan fingerprint density at radius 3 is 2.44 bits per heavy atom. The molecule has 6 amide bonds. The number of carbonyl (C=O) groups excluding carboxylic acids is 6. The molecule has 0 aliphatic carbocycles. The second-order valence-corrected chi connectivity index (χ2v) is 16.7. The highest BCUT2D eigenvalue weighted by atomic mass is 35.5. The fourth-order valence-corrected chi connectivity index (χ4v) is 9.38. The third-order valence-electron chi connectivity index (χ3n) is 11.3. The molecule has 18 heteroatoms. The van der Waals surface area contributed by atoms with Crippen molar-refractivity contribution in [2.24, 2.45) is 4.99 Å². The number of halogens is 1. The molecule has 2 atom stereocenters. The van der Waals surface area contributed by atoms with Crippen LogP contribution in [0.15, 0.2) is 47.5 Å². The largest absolute Gasteiger partial charge is 0.384 e. The van der Waals surface area contributed by atoms with Crippen molar-refractivity contribution in [1.29, 1.82) is 0 Å². The standard InChI is InChI=1S/C41H43ClN10O6S/c1-22-23(2)59-41-34(22)36(25-10-12-26(42)13-11-25)44-29(37-47-46-24(3)51(37)41)21-32(54)48-50-19-17-49(18-20-50)33(55)9-4-5-16-43-28-8-6-7-27-35(28)40(58)52(39(27)57)30-14-15-31(53)45-38(30)56/h6-8,10-13,29-30,43H,4-5,9,14-21H2,1-3H3,(H,48,54)(H,45,53,56)/t29-,30?/m0/s1. The van der Waals surface area contributed by atoms with Gasteiger partial charge in [-0.3, -0.25) is 54.0 Å². The zero-order valence-corrected chi connectivity index (χ0v) is 34.4. The predicted octanol–water partition coefficient (Wildman–Crippen LogP) is 4.05. The van der Waals surface area contributed by atoms with E-state index in [9.17, 15) is 28.8 Å². The maximum absolute atomic E-state index is 13.6. The van der Waals surface area contributed by atoms with Crippen LogP contribution in [0.25, 0.3) is 5.00 Å². The number of imide groups is 2. The Kier molecular flexibility index (Phi) is 11.2. The van der Waals surface area contributed by atoms with Crippen LogP contribution in [0.4, 0.5) is 5.69 Å². The van der Waals surface area contributed by atoms with E-state index >= 15 is 0 Å². The van der Waals surface area contributed by atoms with Gasteiger partial charge in [0.2, 0.25) is 23.6 Å². The monoisotopic (exact) mass is 838 g/mol. The van der Waals surface area contributed by atoms with Crippen molar-refractivity contribution in [2.75, 3.05) is 38.0 Å². The van der Waals surface area contributed by atoms with E-state index in [4.69, 9.17) is 16.6 Å². The number of hydrogen-bond acceptors (Lipinski definition) is 12. The maximum Gasteiger partial charge on any atom is 0.264 e. The number of aliphatic imine (C=N–C) groups is 1. The molecule has 0 saturated carbocycles. The summed E-state index contributed by atoms with van der Waals surface area (Å²) < 4.78 is 2.01. The molecule has 1 unspecified atom stereocenters. The molecule has 16 nitrogen and oxygen atoms in total. The van der Waals surface area contributed by atoms with Crippen molar-refractivity contribution >= 4 is 69.8 Å². The lowest BCUT2D eigenvalue weighted by Crippen LogP contribution is -2.54. The van der Waals surface area contributed by atoms with Gasteiger partial charge in [-0.05, 0) is 69.9 Å². The van der Waals surface area contributed by atoms with E-state index < -0.39 is 35.7 Å². The third-order valence-corrected chi connectivity index (χ3v) is 12.7.